The van der Waals surface area contributed by atoms with Crippen LogP contribution in [0.25, 0.3) is 22.0 Å². The molecule has 0 radical (unpaired) electrons. The first-order valence-corrected chi connectivity index (χ1v) is 29.3. The number of rotatable bonds is 16. The SMILES string of the molecule is COc1cc(N=NC2=CC3C(S(=O)(=O)O)=CC=CC3C(S(=O)(=O)O)=C2)c(C)cc1N=Nc1sc(N=Nc2c(Nc3ccc(S(=O)(=O)O)cc3)nc(Nc3ccc(S(=O)(=O)O)cc3)c(C#N)c2C)nc1-c1ccc2ccccc2c1. The zero-order valence-corrected chi connectivity index (χ0v) is 45.0. The number of aromatic nitrogens is 2. The van der Waals surface area contributed by atoms with E-state index in [0.717, 1.165) is 58.5 Å². The molecule has 0 saturated carbocycles. The molecule has 2 aliphatic rings. The van der Waals surface area contributed by atoms with Crippen LogP contribution in [0, 0.1) is 37.0 Å². The summed E-state index contributed by atoms with van der Waals surface area (Å²) in [6, 6.07) is 28.5. The summed E-state index contributed by atoms with van der Waals surface area (Å²) in [4.78, 5) is 7.63. The van der Waals surface area contributed by atoms with Gasteiger partial charge in [-0.15, -0.1) is 20.5 Å². The number of nitriles is 1. The largest absolute Gasteiger partial charge is 0.494 e. The Labute approximate surface area is 454 Å². The highest BCUT2D eigenvalue weighted by atomic mass is 32.2. The summed E-state index contributed by atoms with van der Waals surface area (Å²) < 4.78 is 141. The molecule has 6 N–H and O–H groups in total. The van der Waals surface area contributed by atoms with Gasteiger partial charge in [0.15, 0.2) is 16.6 Å². The Bertz CT molecular complexity index is 4400. The number of azo groups is 3. The average molecular weight is 1160 g/mol. The monoisotopic (exact) mass is 1160 g/mol. The van der Waals surface area contributed by atoms with Gasteiger partial charge in [-0.1, -0.05) is 59.9 Å². The number of nitrogens with zero attached hydrogens (tertiary/aromatic N) is 9. The van der Waals surface area contributed by atoms with E-state index in [4.69, 9.17) is 9.72 Å². The molecule has 79 heavy (non-hydrogen) atoms. The van der Waals surface area contributed by atoms with Crippen molar-refractivity contribution in [3.63, 3.8) is 0 Å². The minimum Gasteiger partial charge on any atom is -0.494 e. The normalized spacial score (nSPS) is 15.9. The van der Waals surface area contributed by atoms with Crippen LogP contribution in [0.1, 0.15) is 16.7 Å². The van der Waals surface area contributed by atoms with Gasteiger partial charge in [-0.25, -0.2) is 9.97 Å². The van der Waals surface area contributed by atoms with Gasteiger partial charge in [-0.3, -0.25) is 18.2 Å². The summed E-state index contributed by atoms with van der Waals surface area (Å²) in [5.41, 5.74) is 2.62. The number of thiazole rings is 1. The molecule has 2 heterocycles. The van der Waals surface area contributed by atoms with Crippen molar-refractivity contribution in [1.82, 2.24) is 9.97 Å². The predicted molar refractivity (Wildman–Crippen MR) is 292 cm³/mol. The lowest BCUT2D eigenvalue weighted by Gasteiger charge is -2.29. The van der Waals surface area contributed by atoms with Crippen molar-refractivity contribution in [3.8, 4) is 23.1 Å². The Morgan fingerprint density at radius 3 is 1.87 bits per heavy atom. The number of fused-ring (bicyclic) bond motifs is 2. The number of methoxy groups -OCH3 is 1. The molecule has 0 aliphatic heterocycles. The van der Waals surface area contributed by atoms with Gasteiger partial charge < -0.3 is 15.4 Å². The highest BCUT2D eigenvalue weighted by Crippen LogP contribution is 2.46. The summed E-state index contributed by atoms with van der Waals surface area (Å²) >= 11 is 0.992. The lowest BCUT2D eigenvalue weighted by atomic mass is 9.84. The number of hydrogen-bond donors (Lipinski definition) is 6. The zero-order chi connectivity index (χ0) is 56.6. The van der Waals surface area contributed by atoms with Gasteiger partial charge in [0.2, 0.25) is 5.13 Å². The van der Waals surface area contributed by atoms with Gasteiger partial charge in [0.05, 0.1) is 43.7 Å². The summed E-state index contributed by atoms with van der Waals surface area (Å²) in [5.74, 6) is -2.22. The van der Waals surface area contributed by atoms with Gasteiger partial charge in [0.25, 0.3) is 40.5 Å². The zero-order valence-electron chi connectivity index (χ0n) is 40.9. The van der Waals surface area contributed by atoms with Crippen LogP contribution in [-0.2, 0) is 40.5 Å². The fourth-order valence-electron chi connectivity index (χ4n) is 8.25. The van der Waals surface area contributed by atoms with Gasteiger partial charge >= 0.3 is 0 Å². The molecule has 2 unspecified atom stereocenters. The van der Waals surface area contributed by atoms with Gasteiger partial charge in [-0.2, -0.15) is 49.2 Å². The molecule has 0 bridgehead atoms. The topological polar surface area (TPSA) is 374 Å². The number of aryl methyl sites for hydroxylation is 1. The van der Waals surface area contributed by atoms with E-state index in [2.05, 4.69) is 52.4 Å². The van der Waals surface area contributed by atoms with E-state index < -0.39 is 62.1 Å². The summed E-state index contributed by atoms with van der Waals surface area (Å²) in [5, 5.41) is 45.2. The van der Waals surface area contributed by atoms with Crippen LogP contribution in [0.5, 0.6) is 5.75 Å². The third kappa shape index (κ3) is 12.3. The van der Waals surface area contributed by atoms with Crippen LogP contribution in [0.3, 0.4) is 0 Å². The molecule has 2 atom stereocenters. The smallest absolute Gasteiger partial charge is 0.294 e. The van der Waals surface area contributed by atoms with E-state index in [1.165, 1.54) is 55.7 Å². The van der Waals surface area contributed by atoms with E-state index in [1.54, 1.807) is 19.9 Å². The predicted octanol–water partition coefficient (Wildman–Crippen LogP) is 12.0. The molecule has 9 rings (SSSR count). The number of pyridine rings is 1. The second kappa shape index (κ2) is 21.7. The average Bonchev–Trinajstić information content (AvgIpc) is 3.98. The van der Waals surface area contributed by atoms with Crippen LogP contribution in [0.4, 0.5) is 50.2 Å². The molecular weight excluding hydrogens is 1120 g/mol. The minimum atomic E-state index is -4.87. The van der Waals surface area contributed by atoms with Crippen molar-refractivity contribution in [2.24, 2.45) is 42.5 Å². The first-order valence-electron chi connectivity index (χ1n) is 22.7. The second-order valence-electron chi connectivity index (χ2n) is 17.2. The molecule has 0 amide bonds. The summed E-state index contributed by atoms with van der Waals surface area (Å²) in [6.07, 6.45) is 6.11. The standard InChI is InChI=1S/C50H39N11O13S5/c1-27-21-41(42(74-3)25-40(27)57-56-34-23-38-37(44(24-34)79(71,72)73)9-6-10-43(38)78(68,69)70)58-60-49-46(31-12-11-29-7-4-5-8-30(29)22-31)54-50(75-49)61-59-45-28(2)39(26-51)47(52-32-13-17-35(18-14-32)76(62,63)64)55-48(45)53-33-15-19-36(20-16-33)77(65,66)67/h4-25,37-38H,1-3H3,(H2,52,53,55)(H,62,63,64)(H,65,66,67)(H,68,69,70)(H,71,72,73). The van der Waals surface area contributed by atoms with Gasteiger partial charge in [0.1, 0.15) is 28.9 Å². The number of anilines is 4. The molecule has 7 aromatic rings. The Kier molecular flexibility index (Phi) is 15.2. The Morgan fingerprint density at radius 2 is 1.27 bits per heavy atom. The molecule has 0 spiro atoms. The summed E-state index contributed by atoms with van der Waals surface area (Å²) in [6.45, 7) is 3.25. The third-order valence-electron chi connectivity index (χ3n) is 12.1. The highest BCUT2D eigenvalue weighted by Gasteiger charge is 2.39. The van der Waals surface area contributed by atoms with Crippen LogP contribution >= 0.6 is 11.3 Å². The number of ether oxygens (including phenoxy) is 1. The maximum atomic E-state index is 12.4. The minimum absolute atomic E-state index is 0.00146. The van der Waals surface area contributed by atoms with Crippen LogP contribution in [0.2, 0.25) is 0 Å². The maximum absolute atomic E-state index is 12.4. The molecule has 2 aliphatic carbocycles. The van der Waals surface area contributed by atoms with Crippen molar-refractivity contribution in [2.75, 3.05) is 17.7 Å². The van der Waals surface area contributed by atoms with Crippen molar-refractivity contribution in [1.29, 1.82) is 5.26 Å². The fraction of sp³-hybridized carbons (Fsp3) is 0.100. The molecule has 0 saturated heterocycles. The Balaban J connectivity index is 1.09. The molecule has 24 nitrogen and oxygen atoms in total. The molecule has 29 heteroatoms. The van der Waals surface area contributed by atoms with Crippen LogP contribution in [-0.4, -0.2) is 69.0 Å². The Morgan fingerprint density at radius 1 is 0.646 bits per heavy atom. The number of allylic oxidation sites excluding steroid dienone is 7. The molecular formula is C50H39N11O13S5. The second-order valence-corrected chi connectivity index (χ2v) is 23.9. The lowest BCUT2D eigenvalue weighted by molar-refractivity contribution is 0.416. The van der Waals surface area contributed by atoms with Crippen molar-refractivity contribution >= 4 is 113 Å². The molecule has 2 aromatic heterocycles. The van der Waals surface area contributed by atoms with Crippen molar-refractivity contribution in [3.05, 3.63) is 166 Å². The van der Waals surface area contributed by atoms with Gasteiger partial charge in [-0.05, 0) is 109 Å². The van der Waals surface area contributed by atoms with E-state index in [-0.39, 0.29) is 82.6 Å². The van der Waals surface area contributed by atoms with Crippen LogP contribution in [0.15, 0.2) is 189 Å². The quantitative estimate of drug-likeness (QED) is 0.0386. The first kappa shape index (κ1) is 55.2. The van der Waals surface area contributed by atoms with Crippen LogP contribution < -0.4 is 15.4 Å². The molecule has 5 aromatic carbocycles. The van der Waals surface area contributed by atoms with E-state index in [0.29, 0.717) is 16.8 Å². The third-order valence-corrected chi connectivity index (χ3v) is 16.6. The fourth-order valence-corrected chi connectivity index (χ4v) is 11.6. The number of nitrogens with one attached hydrogen (secondary N) is 2. The molecule has 402 valence electrons. The first-order chi connectivity index (χ1) is 37.4. The lowest BCUT2D eigenvalue weighted by Crippen LogP contribution is -2.27. The van der Waals surface area contributed by atoms with E-state index in [9.17, 15) is 57.1 Å². The summed E-state index contributed by atoms with van der Waals surface area (Å²) in [7, 11) is -17.3. The highest BCUT2D eigenvalue weighted by molar-refractivity contribution is 7.90. The van der Waals surface area contributed by atoms with E-state index >= 15 is 0 Å². The maximum Gasteiger partial charge on any atom is 0.294 e. The van der Waals surface area contributed by atoms with Crippen molar-refractivity contribution in [2.45, 2.75) is 23.6 Å². The van der Waals surface area contributed by atoms with Crippen molar-refractivity contribution < 1.29 is 56.6 Å². The molecule has 0 fully saturated rings. The van der Waals surface area contributed by atoms with E-state index in [1.807, 2.05) is 42.5 Å². The number of benzene rings is 5. The number of hydrogen-bond acceptors (Lipinski definition) is 21. The Hall–Kier alpha value is -8.57. The van der Waals surface area contributed by atoms with Gasteiger partial charge in [0, 0.05) is 40.4 Å².